The SMILES string of the molecule is Cc1ccc(Nc2ncnc3sc(C(=O)N4CCN(C)CC4)cc23)cc1. The summed E-state index contributed by atoms with van der Waals surface area (Å²) in [5, 5.41) is 4.22. The van der Waals surface area contributed by atoms with Crippen LogP contribution in [0, 0.1) is 6.92 Å². The van der Waals surface area contributed by atoms with E-state index in [0.29, 0.717) is 0 Å². The predicted molar refractivity (Wildman–Crippen MR) is 105 cm³/mol. The topological polar surface area (TPSA) is 61.4 Å². The number of amides is 1. The molecule has 1 aliphatic rings. The Labute approximate surface area is 156 Å². The Bertz CT molecular complexity index is 929. The summed E-state index contributed by atoms with van der Waals surface area (Å²) in [5.41, 5.74) is 2.17. The number of piperazine rings is 1. The quantitative estimate of drug-likeness (QED) is 0.771. The number of rotatable bonds is 3. The van der Waals surface area contributed by atoms with Crippen molar-refractivity contribution in [2.24, 2.45) is 0 Å². The second-order valence-electron chi connectivity index (χ2n) is 6.64. The van der Waals surface area contributed by atoms with Gasteiger partial charge in [0.1, 0.15) is 17.0 Å². The molecule has 0 spiro atoms. The highest BCUT2D eigenvalue weighted by molar-refractivity contribution is 7.20. The van der Waals surface area contributed by atoms with Gasteiger partial charge in [0, 0.05) is 31.9 Å². The molecule has 6 nitrogen and oxygen atoms in total. The average molecular weight is 367 g/mol. The molecule has 134 valence electrons. The first-order chi connectivity index (χ1) is 12.6. The lowest BCUT2D eigenvalue weighted by molar-refractivity contribution is 0.0669. The molecule has 0 unspecified atom stereocenters. The predicted octanol–water partition coefficient (Wildman–Crippen LogP) is 3.13. The molecule has 2 aromatic heterocycles. The molecule has 0 saturated carbocycles. The molecule has 1 N–H and O–H groups in total. The van der Waals surface area contributed by atoms with E-state index in [1.807, 2.05) is 23.1 Å². The molecule has 3 heterocycles. The highest BCUT2D eigenvalue weighted by atomic mass is 32.1. The maximum absolute atomic E-state index is 12.8. The Balaban J connectivity index is 1.60. The highest BCUT2D eigenvalue weighted by Gasteiger charge is 2.23. The van der Waals surface area contributed by atoms with Crippen LogP contribution in [0.25, 0.3) is 10.2 Å². The van der Waals surface area contributed by atoms with Crippen molar-refractivity contribution in [3.8, 4) is 0 Å². The number of hydrogen-bond acceptors (Lipinski definition) is 6. The van der Waals surface area contributed by atoms with Gasteiger partial charge in [-0.1, -0.05) is 17.7 Å². The summed E-state index contributed by atoms with van der Waals surface area (Å²) in [5.74, 6) is 0.815. The molecular weight excluding hydrogens is 346 g/mol. The van der Waals surface area contributed by atoms with Crippen LogP contribution in [0.2, 0.25) is 0 Å². The molecule has 0 radical (unpaired) electrons. The molecule has 26 heavy (non-hydrogen) atoms. The zero-order chi connectivity index (χ0) is 18.1. The lowest BCUT2D eigenvalue weighted by Gasteiger charge is -2.32. The van der Waals surface area contributed by atoms with E-state index in [1.54, 1.807) is 6.33 Å². The van der Waals surface area contributed by atoms with Gasteiger partial charge in [-0.2, -0.15) is 0 Å². The molecular formula is C19H21N5OS. The fourth-order valence-corrected chi connectivity index (χ4v) is 3.97. The number of carbonyl (C=O) groups excluding carboxylic acids is 1. The summed E-state index contributed by atoms with van der Waals surface area (Å²) in [6, 6.07) is 10.1. The van der Waals surface area contributed by atoms with Crippen molar-refractivity contribution in [2.75, 3.05) is 38.5 Å². The Morgan fingerprint density at radius 3 is 2.58 bits per heavy atom. The van der Waals surface area contributed by atoms with E-state index in [0.717, 1.165) is 52.8 Å². The molecule has 1 aliphatic heterocycles. The summed E-state index contributed by atoms with van der Waals surface area (Å²) < 4.78 is 0. The van der Waals surface area contributed by atoms with Gasteiger partial charge in [-0.25, -0.2) is 9.97 Å². The van der Waals surface area contributed by atoms with Crippen LogP contribution in [-0.2, 0) is 0 Å². The number of likely N-dealkylation sites (N-methyl/N-ethyl adjacent to an activating group) is 1. The number of thiophene rings is 1. The Hall–Kier alpha value is -2.51. The first-order valence-corrected chi connectivity index (χ1v) is 9.48. The Kier molecular flexibility index (Phi) is 4.57. The molecule has 1 amide bonds. The molecule has 3 aromatic rings. The Morgan fingerprint density at radius 1 is 1.12 bits per heavy atom. The van der Waals surface area contributed by atoms with Crippen LogP contribution in [-0.4, -0.2) is 58.9 Å². The second kappa shape index (κ2) is 7.01. The van der Waals surface area contributed by atoms with Crippen molar-refractivity contribution in [3.63, 3.8) is 0 Å². The van der Waals surface area contributed by atoms with E-state index in [9.17, 15) is 4.79 Å². The van der Waals surface area contributed by atoms with E-state index in [2.05, 4.69) is 46.3 Å². The van der Waals surface area contributed by atoms with Crippen molar-refractivity contribution in [3.05, 3.63) is 47.1 Å². The van der Waals surface area contributed by atoms with Crippen LogP contribution in [0.3, 0.4) is 0 Å². The minimum atomic E-state index is 0.0855. The minimum Gasteiger partial charge on any atom is -0.340 e. The number of hydrogen-bond donors (Lipinski definition) is 1. The number of aryl methyl sites for hydroxylation is 1. The van der Waals surface area contributed by atoms with Crippen LogP contribution in [0.5, 0.6) is 0 Å². The molecule has 7 heteroatoms. The van der Waals surface area contributed by atoms with Crippen molar-refractivity contribution in [1.82, 2.24) is 19.8 Å². The number of anilines is 2. The van der Waals surface area contributed by atoms with Gasteiger partial charge in [0.2, 0.25) is 0 Å². The van der Waals surface area contributed by atoms with Crippen LogP contribution in [0.4, 0.5) is 11.5 Å². The van der Waals surface area contributed by atoms with Crippen molar-refractivity contribution in [1.29, 1.82) is 0 Å². The highest BCUT2D eigenvalue weighted by Crippen LogP contribution is 2.30. The van der Waals surface area contributed by atoms with Crippen molar-refractivity contribution in [2.45, 2.75) is 6.92 Å². The number of fused-ring (bicyclic) bond motifs is 1. The van der Waals surface area contributed by atoms with Gasteiger partial charge in [0.25, 0.3) is 5.91 Å². The summed E-state index contributed by atoms with van der Waals surface area (Å²) in [6.45, 7) is 5.42. The first kappa shape index (κ1) is 16.9. The molecule has 1 fully saturated rings. The summed E-state index contributed by atoms with van der Waals surface area (Å²) >= 11 is 1.43. The fourth-order valence-electron chi connectivity index (χ4n) is 3.00. The number of nitrogens with one attached hydrogen (secondary N) is 1. The maximum Gasteiger partial charge on any atom is 0.264 e. The maximum atomic E-state index is 12.8. The number of carbonyl (C=O) groups is 1. The monoisotopic (exact) mass is 367 g/mol. The normalized spacial score (nSPS) is 15.4. The average Bonchev–Trinajstić information content (AvgIpc) is 3.09. The molecule has 4 rings (SSSR count). The largest absolute Gasteiger partial charge is 0.340 e. The van der Waals surface area contributed by atoms with Crippen LogP contribution >= 0.6 is 11.3 Å². The third-order valence-electron chi connectivity index (χ3n) is 4.64. The Morgan fingerprint density at radius 2 is 1.85 bits per heavy atom. The standard InChI is InChI=1S/C19H21N5OS/c1-13-3-5-14(6-4-13)22-17-15-11-16(26-18(15)21-12-20-17)19(25)24-9-7-23(2)8-10-24/h3-6,11-12H,7-10H2,1-2H3,(H,20,21,22). The molecule has 0 bridgehead atoms. The smallest absolute Gasteiger partial charge is 0.264 e. The van der Waals surface area contributed by atoms with E-state index >= 15 is 0 Å². The summed E-state index contributed by atoms with van der Waals surface area (Å²) in [4.78, 5) is 27.3. The van der Waals surface area contributed by atoms with Crippen LogP contribution in [0.1, 0.15) is 15.2 Å². The van der Waals surface area contributed by atoms with Crippen LogP contribution < -0.4 is 5.32 Å². The molecule has 1 aromatic carbocycles. The third-order valence-corrected chi connectivity index (χ3v) is 5.68. The lowest BCUT2D eigenvalue weighted by Crippen LogP contribution is -2.46. The second-order valence-corrected chi connectivity index (χ2v) is 7.67. The van der Waals surface area contributed by atoms with E-state index in [-0.39, 0.29) is 5.91 Å². The van der Waals surface area contributed by atoms with Gasteiger partial charge in [-0.15, -0.1) is 11.3 Å². The zero-order valence-electron chi connectivity index (χ0n) is 14.9. The van der Waals surface area contributed by atoms with E-state index < -0.39 is 0 Å². The summed E-state index contributed by atoms with van der Waals surface area (Å²) in [6.07, 6.45) is 1.54. The first-order valence-electron chi connectivity index (χ1n) is 8.66. The van der Waals surface area contributed by atoms with E-state index in [4.69, 9.17) is 0 Å². The zero-order valence-corrected chi connectivity index (χ0v) is 15.7. The van der Waals surface area contributed by atoms with Crippen molar-refractivity contribution < 1.29 is 4.79 Å². The van der Waals surface area contributed by atoms with E-state index in [1.165, 1.54) is 16.9 Å². The van der Waals surface area contributed by atoms with Gasteiger partial charge in [0.15, 0.2) is 0 Å². The van der Waals surface area contributed by atoms with Crippen LogP contribution in [0.15, 0.2) is 36.7 Å². The number of aromatic nitrogens is 2. The summed E-state index contributed by atoms with van der Waals surface area (Å²) in [7, 11) is 2.08. The third kappa shape index (κ3) is 3.40. The number of nitrogens with zero attached hydrogens (tertiary/aromatic N) is 4. The molecule has 1 saturated heterocycles. The van der Waals surface area contributed by atoms with Gasteiger partial charge < -0.3 is 15.1 Å². The minimum absolute atomic E-state index is 0.0855. The van der Waals surface area contributed by atoms with Gasteiger partial charge in [0.05, 0.1) is 10.3 Å². The van der Waals surface area contributed by atoms with Gasteiger partial charge >= 0.3 is 0 Å². The fraction of sp³-hybridized carbons (Fsp3) is 0.316. The van der Waals surface area contributed by atoms with Gasteiger partial charge in [-0.3, -0.25) is 4.79 Å². The lowest BCUT2D eigenvalue weighted by atomic mass is 10.2. The number of benzene rings is 1. The molecule has 0 aliphatic carbocycles. The molecule has 0 atom stereocenters. The van der Waals surface area contributed by atoms with Crippen molar-refractivity contribution >= 4 is 39.0 Å². The van der Waals surface area contributed by atoms with Gasteiger partial charge in [-0.05, 0) is 32.2 Å².